The van der Waals surface area contributed by atoms with E-state index in [9.17, 15) is 14.0 Å². The first-order valence-corrected chi connectivity index (χ1v) is 10.7. The number of rotatable bonds is 6. The quantitative estimate of drug-likeness (QED) is 0.407. The number of primary amides is 1. The van der Waals surface area contributed by atoms with Crippen molar-refractivity contribution in [3.63, 3.8) is 0 Å². The Morgan fingerprint density at radius 1 is 0.943 bits per heavy atom. The van der Waals surface area contributed by atoms with E-state index in [1.165, 1.54) is 30.3 Å². The van der Waals surface area contributed by atoms with Crippen LogP contribution in [0.15, 0.2) is 78.9 Å². The first-order chi connectivity index (χ1) is 16.9. The number of ether oxygens (including phenoxy) is 2. The van der Waals surface area contributed by atoms with Gasteiger partial charge in [-0.15, -0.1) is 0 Å². The number of esters is 1. The third-order valence-electron chi connectivity index (χ3n) is 5.38. The van der Waals surface area contributed by atoms with Crippen molar-refractivity contribution in [1.29, 1.82) is 0 Å². The van der Waals surface area contributed by atoms with Gasteiger partial charge in [0.05, 0.1) is 0 Å². The number of para-hydroxylation sites is 1. The van der Waals surface area contributed by atoms with Gasteiger partial charge in [0.2, 0.25) is 5.88 Å². The second-order valence-electron chi connectivity index (χ2n) is 7.84. The molecule has 174 valence electrons. The Morgan fingerprint density at radius 3 is 2.31 bits per heavy atom. The topological polar surface area (TPSA) is 116 Å². The molecule has 5 rings (SSSR count). The molecule has 0 fully saturated rings. The summed E-state index contributed by atoms with van der Waals surface area (Å²) in [4.78, 5) is 33.1. The van der Waals surface area contributed by atoms with E-state index in [0.29, 0.717) is 23.5 Å². The average Bonchev–Trinajstić information content (AvgIpc) is 3.30. The predicted octanol–water partition coefficient (Wildman–Crippen LogP) is 4.12. The van der Waals surface area contributed by atoms with Gasteiger partial charge in [-0.2, -0.15) is 4.98 Å². The number of hydrogen-bond donors (Lipinski definition) is 2. The average molecular weight is 470 g/mol. The van der Waals surface area contributed by atoms with Gasteiger partial charge in [-0.1, -0.05) is 18.2 Å². The van der Waals surface area contributed by atoms with Crippen LogP contribution in [0.2, 0.25) is 0 Å². The molecule has 35 heavy (non-hydrogen) atoms. The maximum absolute atomic E-state index is 13.1. The summed E-state index contributed by atoms with van der Waals surface area (Å²) >= 11 is 0. The number of nitrogens with one attached hydrogen (secondary N) is 1. The van der Waals surface area contributed by atoms with Crippen molar-refractivity contribution in [2.75, 3.05) is 5.32 Å². The molecule has 1 unspecified atom stereocenters. The number of fused-ring (bicyclic) bond motifs is 1. The summed E-state index contributed by atoms with van der Waals surface area (Å²) in [6.45, 7) is 0. The molecule has 9 heteroatoms. The molecular weight excluding hydrogens is 451 g/mol. The molecule has 0 bridgehead atoms. The van der Waals surface area contributed by atoms with Gasteiger partial charge >= 0.3 is 5.97 Å². The molecule has 0 saturated heterocycles. The van der Waals surface area contributed by atoms with Crippen molar-refractivity contribution >= 4 is 17.6 Å². The zero-order valence-electron chi connectivity index (χ0n) is 18.3. The summed E-state index contributed by atoms with van der Waals surface area (Å²) in [6, 6.07) is 20.6. The number of carbonyl (C=O) groups is 2. The fourth-order valence-electron chi connectivity index (χ4n) is 3.66. The highest BCUT2D eigenvalue weighted by molar-refractivity contribution is 5.92. The Hall–Kier alpha value is -4.79. The molecule has 1 aliphatic heterocycles. The molecular formula is C26H19FN4O4. The predicted molar refractivity (Wildman–Crippen MR) is 126 cm³/mol. The first-order valence-electron chi connectivity index (χ1n) is 10.7. The minimum atomic E-state index is -0.784. The fourth-order valence-corrected chi connectivity index (χ4v) is 3.66. The van der Waals surface area contributed by atoms with Crippen molar-refractivity contribution in [2.45, 2.75) is 12.5 Å². The Morgan fingerprint density at radius 2 is 1.63 bits per heavy atom. The van der Waals surface area contributed by atoms with E-state index in [1.54, 1.807) is 24.3 Å². The second kappa shape index (κ2) is 9.22. The summed E-state index contributed by atoms with van der Waals surface area (Å²) in [7, 11) is 0. The maximum Gasteiger partial charge on any atom is 0.335 e. The molecule has 8 nitrogen and oxygen atoms in total. The molecule has 1 atom stereocenters. The molecule has 0 aliphatic carbocycles. The van der Waals surface area contributed by atoms with E-state index in [-0.39, 0.29) is 23.2 Å². The van der Waals surface area contributed by atoms with E-state index in [0.717, 1.165) is 11.3 Å². The van der Waals surface area contributed by atoms with Crippen LogP contribution in [0.25, 0.3) is 11.4 Å². The number of hydrogen-bond acceptors (Lipinski definition) is 7. The molecule has 0 saturated carbocycles. The number of amides is 1. The Kier molecular flexibility index (Phi) is 5.80. The van der Waals surface area contributed by atoms with E-state index in [2.05, 4.69) is 15.3 Å². The Labute approximate surface area is 199 Å². The number of nitrogens with two attached hydrogens (primary N) is 1. The van der Waals surface area contributed by atoms with E-state index in [4.69, 9.17) is 15.2 Å². The minimum Gasteiger partial charge on any atom is -0.457 e. The van der Waals surface area contributed by atoms with Gasteiger partial charge in [-0.3, -0.25) is 4.79 Å². The highest BCUT2D eigenvalue weighted by atomic mass is 19.1. The number of carbonyl (C=O) groups excluding carboxylic acids is 2. The standard InChI is InChI=1S/C26H19FN4O4/c27-17-7-11-19(12-8-17)34-18-9-5-15(6-10-18)25-30-21(24(28)32)14-23(31-25)35-26(33)22-13-16-3-1-2-4-20(16)29-22/h1-12,14,22,29H,13H2,(H2,28,32). The summed E-state index contributed by atoms with van der Waals surface area (Å²) < 4.78 is 24.2. The van der Waals surface area contributed by atoms with Gasteiger partial charge in [-0.25, -0.2) is 14.2 Å². The van der Waals surface area contributed by atoms with Gasteiger partial charge in [0, 0.05) is 23.7 Å². The Balaban J connectivity index is 1.35. The lowest BCUT2D eigenvalue weighted by molar-refractivity contribution is -0.135. The number of aromatic nitrogens is 2. The van der Waals surface area contributed by atoms with Crippen LogP contribution >= 0.6 is 0 Å². The van der Waals surface area contributed by atoms with Gasteiger partial charge in [0.1, 0.15) is 29.1 Å². The molecule has 1 aromatic heterocycles. The zero-order chi connectivity index (χ0) is 24.4. The van der Waals surface area contributed by atoms with Gasteiger partial charge in [0.15, 0.2) is 5.82 Å². The van der Waals surface area contributed by atoms with E-state index in [1.807, 2.05) is 24.3 Å². The van der Waals surface area contributed by atoms with Crippen LogP contribution in [0.4, 0.5) is 10.1 Å². The van der Waals surface area contributed by atoms with Crippen molar-refractivity contribution in [3.8, 4) is 28.8 Å². The molecule has 3 aromatic carbocycles. The summed E-state index contributed by atoms with van der Waals surface area (Å²) in [5.41, 5.74) is 7.77. The lowest BCUT2D eigenvalue weighted by Crippen LogP contribution is -2.31. The fraction of sp³-hybridized carbons (Fsp3) is 0.0769. The molecule has 1 aliphatic rings. The molecule has 1 amide bonds. The van der Waals surface area contributed by atoms with Crippen LogP contribution in [0, 0.1) is 5.82 Å². The number of nitrogens with zero attached hydrogens (tertiary/aromatic N) is 2. The van der Waals surface area contributed by atoms with Crippen LogP contribution in [-0.4, -0.2) is 27.9 Å². The van der Waals surface area contributed by atoms with E-state index < -0.39 is 17.9 Å². The summed E-state index contributed by atoms with van der Waals surface area (Å²) in [5, 5.41) is 3.12. The SMILES string of the molecule is NC(=O)c1cc(OC(=O)C2Cc3ccccc3N2)nc(-c2ccc(Oc3ccc(F)cc3)cc2)n1. The van der Waals surface area contributed by atoms with Crippen LogP contribution in [-0.2, 0) is 11.2 Å². The lowest BCUT2D eigenvalue weighted by atomic mass is 10.1. The van der Waals surface area contributed by atoms with Gasteiger partial charge in [-0.05, 0) is 60.2 Å². The van der Waals surface area contributed by atoms with Gasteiger partial charge < -0.3 is 20.5 Å². The summed E-state index contributed by atoms with van der Waals surface area (Å²) in [5.74, 6) is -0.631. The molecule has 0 radical (unpaired) electrons. The smallest absolute Gasteiger partial charge is 0.335 e. The largest absolute Gasteiger partial charge is 0.457 e. The van der Waals surface area contributed by atoms with Crippen molar-refractivity contribution in [2.24, 2.45) is 5.73 Å². The molecule has 4 aromatic rings. The zero-order valence-corrected chi connectivity index (χ0v) is 18.3. The van der Waals surface area contributed by atoms with Crippen LogP contribution in [0.3, 0.4) is 0 Å². The minimum absolute atomic E-state index is 0.0850. The number of halogens is 1. The number of anilines is 1. The second-order valence-corrected chi connectivity index (χ2v) is 7.84. The van der Waals surface area contributed by atoms with E-state index >= 15 is 0 Å². The monoisotopic (exact) mass is 470 g/mol. The summed E-state index contributed by atoms with van der Waals surface area (Å²) in [6.07, 6.45) is 0.477. The normalized spacial score (nSPS) is 14.0. The van der Waals surface area contributed by atoms with Crippen molar-refractivity contribution in [1.82, 2.24) is 9.97 Å². The maximum atomic E-state index is 13.1. The van der Waals surface area contributed by atoms with Crippen LogP contribution in [0.5, 0.6) is 17.4 Å². The molecule has 3 N–H and O–H groups in total. The Bertz CT molecular complexity index is 1380. The van der Waals surface area contributed by atoms with Crippen LogP contribution in [0.1, 0.15) is 16.1 Å². The number of benzene rings is 3. The van der Waals surface area contributed by atoms with Gasteiger partial charge in [0.25, 0.3) is 5.91 Å². The third kappa shape index (κ3) is 4.93. The van der Waals surface area contributed by atoms with Crippen molar-refractivity contribution in [3.05, 3.63) is 95.9 Å². The molecule has 0 spiro atoms. The molecule has 2 heterocycles. The first kappa shape index (κ1) is 22.0. The van der Waals surface area contributed by atoms with Crippen LogP contribution < -0.4 is 20.5 Å². The lowest BCUT2D eigenvalue weighted by Gasteiger charge is -2.12. The van der Waals surface area contributed by atoms with Crippen molar-refractivity contribution < 1.29 is 23.5 Å². The highest BCUT2D eigenvalue weighted by Crippen LogP contribution is 2.28. The third-order valence-corrected chi connectivity index (χ3v) is 5.38. The highest BCUT2D eigenvalue weighted by Gasteiger charge is 2.28.